The van der Waals surface area contributed by atoms with Crippen LogP contribution in [-0.2, 0) is 27.1 Å². The summed E-state index contributed by atoms with van der Waals surface area (Å²) in [6.45, 7) is 8.22. The lowest BCUT2D eigenvalue weighted by atomic mass is 9.97. The third-order valence-electron chi connectivity index (χ3n) is 5.38. The van der Waals surface area contributed by atoms with Crippen molar-refractivity contribution < 1.29 is 29.0 Å². The average molecular weight is 503 g/mol. The highest BCUT2D eigenvalue weighted by molar-refractivity contribution is 5.89. The van der Waals surface area contributed by atoms with Crippen molar-refractivity contribution in [1.29, 1.82) is 0 Å². The second-order valence-electron chi connectivity index (χ2n) is 10.1. The van der Waals surface area contributed by atoms with Crippen molar-refractivity contribution in [2.24, 2.45) is 0 Å². The van der Waals surface area contributed by atoms with Crippen molar-refractivity contribution in [1.82, 2.24) is 20.4 Å². The smallest absolute Gasteiger partial charge is 0.434 e. The lowest BCUT2D eigenvalue weighted by Gasteiger charge is -2.29. The maximum absolute atomic E-state index is 13.3. The molecule has 198 valence electrons. The molecule has 0 saturated carbocycles. The molecule has 2 amide bonds. The van der Waals surface area contributed by atoms with E-state index in [1.165, 1.54) is 13.3 Å². The van der Waals surface area contributed by atoms with Crippen LogP contribution in [0.15, 0.2) is 36.5 Å². The third-order valence-corrected chi connectivity index (χ3v) is 5.38. The van der Waals surface area contributed by atoms with Gasteiger partial charge in [0.15, 0.2) is 0 Å². The number of nitrogens with one attached hydrogen (secondary N) is 2. The monoisotopic (exact) mass is 502 g/mol. The molecule has 1 aromatic heterocycles. The Morgan fingerprint density at radius 3 is 2.33 bits per heavy atom. The minimum Gasteiger partial charge on any atom is -0.451 e. The van der Waals surface area contributed by atoms with Crippen LogP contribution in [0.2, 0.25) is 0 Å². The molecule has 10 nitrogen and oxygen atoms in total. The van der Waals surface area contributed by atoms with Crippen LogP contribution in [0.25, 0.3) is 0 Å². The number of nitrogens with zero attached hydrogens (tertiary/aromatic N) is 2. The largest absolute Gasteiger partial charge is 0.451 e. The van der Waals surface area contributed by atoms with E-state index in [0.717, 1.165) is 23.1 Å². The molecule has 1 heterocycles. The summed E-state index contributed by atoms with van der Waals surface area (Å²) < 4.78 is 11.1. The molecule has 0 radical (unpaired) electrons. The Morgan fingerprint density at radius 1 is 1.08 bits per heavy atom. The molecule has 0 bridgehead atoms. The molecule has 0 saturated heterocycles. The van der Waals surface area contributed by atoms with Crippen LogP contribution in [0, 0.1) is 0 Å². The van der Waals surface area contributed by atoms with Gasteiger partial charge in [-0.3, -0.25) is 4.79 Å². The van der Waals surface area contributed by atoms with Gasteiger partial charge in [-0.1, -0.05) is 30.3 Å². The van der Waals surface area contributed by atoms with Crippen LogP contribution in [0.1, 0.15) is 70.3 Å². The van der Waals surface area contributed by atoms with E-state index in [0.29, 0.717) is 17.7 Å². The van der Waals surface area contributed by atoms with Crippen LogP contribution in [0.5, 0.6) is 0 Å². The van der Waals surface area contributed by atoms with Crippen LogP contribution >= 0.6 is 0 Å². The molecular weight excluding hydrogens is 464 g/mol. The lowest BCUT2D eigenvalue weighted by molar-refractivity contribution is -0.127. The van der Waals surface area contributed by atoms with E-state index < -0.39 is 35.3 Å². The molecule has 1 aromatic carbocycles. The number of carbonyl (C=O) groups excluding carboxylic acids is 3. The van der Waals surface area contributed by atoms with Gasteiger partial charge in [0.1, 0.15) is 11.1 Å². The van der Waals surface area contributed by atoms with Crippen molar-refractivity contribution in [3.05, 3.63) is 53.3 Å². The van der Waals surface area contributed by atoms with E-state index in [9.17, 15) is 19.5 Å². The van der Waals surface area contributed by atoms with Crippen LogP contribution < -0.4 is 10.6 Å². The molecule has 10 heteroatoms. The molecule has 0 fully saturated rings. The predicted molar refractivity (Wildman–Crippen MR) is 135 cm³/mol. The predicted octanol–water partition coefficient (Wildman–Crippen LogP) is 3.52. The number of aryl methyl sites for hydroxylation is 1. The maximum atomic E-state index is 13.3. The highest BCUT2D eigenvalue weighted by atomic mass is 16.6. The molecule has 0 aliphatic rings. The summed E-state index contributed by atoms with van der Waals surface area (Å²) >= 11 is 0. The zero-order chi connectivity index (χ0) is 26.9. The summed E-state index contributed by atoms with van der Waals surface area (Å²) in [6.07, 6.45) is 2.37. The van der Waals surface area contributed by atoms with E-state index in [1.807, 2.05) is 30.3 Å². The summed E-state index contributed by atoms with van der Waals surface area (Å²) in [7, 11) is 1.25. The first kappa shape index (κ1) is 28.8. The number of benzene rings is 1. The highest BCUT2D eigenvalue weighted by Crippen LogP contribution is 2.24. The topological polar surface area (TPSA) is 132 Å². The van der Waals surface area contributed by atoms with Gasteiger partial charge >= 0.3 is 12.2 Å². The fraction of sp³-hybridized carbons (Fsp3) is 0.538. The van der Waals surface area contributed by atoms with Crippen molar-refractivity contribution >= 4 is 18.1 Å². The number of amides is 2. The molecule has 0 spiro atoms. The van der Waals surface area contributed by atoms with E-state index >= 15 is 0 Å². The number of aliphatic hydroxyl groups is 1. The van der Waals surface area contributed by atoms with E-state index in [2.05, 4.69) is 15.7 Å². The van der Waals surface area contributed by atoms with Crippen molar-refractivity contribution in [3.8, 4) is 0 Å². The number of carbonyl (C=O) groups is 3. The highest BCUT2D eigenvalue weighted by Gasteiger charge is 2.34. The Morgan fingerprint density at radius 2 is 1.75 bits per heavy atom. The van der Waals surface area contributed by atoms with Crippen molar-refractivity contribution in [3.63, 3.8) is 0 Å². The number of rotatable bonds is 10. The first-order valence-corrected chi connectivity index (χ1v) is 12.0. The number of alkyl carbamates (subject to hydrolysis) is 1. The number of hydrogen-bond acceptors (Lipinski definition) is 7. The molecule has 1 atom stereocenters. The summed E-state index contributed by atoms with van der Waals surface area (Å²) in [5, 5.41) is 19.5. The average Bonchev–Trinajstić information content (AvgIpc) is 3.20. The Kier molecular flexibility index (Phi) is 10.0. The molecule has 3 N–H and O–H groups in total. The van der Waals surface area contributed by atoms with Gasteiger partial charge in [-0.2, -0.15) is 9.78 Å². The molecule has 1 unspecified atom stereocenters. The fourth-order valence-electron chi connectivity index (χ4n) is 3.60. The zero-order valence-electron chi connectivity index (χ0n) is 22.0. The maximum Gasteiger partial charge on any atom is 0.434 e. The number of aromatic nitrogens is 2. The quantitative estimate of drug-likeness (QED) is 0.453. The van der Waals surface area contributed by atoms with Gasteiger partial charge in [-0.25, -0.2) is 9.59 Å². The Labute approximate surface area is 212 Å². The third kappa shape index (κ3) is 8.67. The Hall–Kier alpha value is -3.40. The summed E-state index contributed by atoms with van der Waals surface area (Å²) in [5.41, 5.74) is 0.235. The van der Waals surface area contributed by atoms with Gasteiger partial charge in [-0.05, 0) is 71.4 Å². The lowest BCUT2D eigenvalue weighted by Crippen LogP contribution is -2.56. The van der Waals surface area contributed by atoms with Gasteiger partial charge in [-0.15, -0.1) is 0 Å². The first-order valence-electron chi connectivity index (χ1n) is 12.0. The van der Waals surface area contributed by atoms with E-state index in [-0.39, 0.29) is 13.0 Å². The number of hydrogen-bond donors (Lipinski definition) is 3. The van der Waals surface area contributed by atoms with Gasteiger partial charge in [0.2, 0.25) is 5.91 Å². The van der Waals surface area contributed by atoms with Gasteiger partial charge < -0.3 is 25.2 Å². The minimum atomic E-state index is -1.29. The summed E-state index contributed by atoms with van der Waals surface area (Å²) in [4.78, 5) is 37.7. The number of aliphatic hydroxyl groups excluding tert-OH is 1. The standard InChI is InChI=1S/C26H38N4O6/c1-25(2,3)36-23(33)28-26(4,5)22(32)27-20(14-10-13-18-11-8-7-9-12-18)21-19(15-16-31)17-30(29-21)24(34)35-6/h7-9,11-12,17,20,31H,10,13-16H2,1-6H3,(H,27,32)(H,28,33). The van der Waals surface area contributed by atoms with Crippen molar-refractivity contribution in [2.75, 3.05) is 13.7 Å². The molecule has 2 aromatic rings. The van der Waals surface area contributed by atoms with Crippen LogP contribution in [0.3, 0.4) is 0 Å². The first-order chi connectivity index (χ1) is 16.9. The van der Waals surface area contributed by atoms with Gasteiger partial charge in [0.25, 0.3) is 0 Å². The molecule has 36 heavy (non-hydrogen) atoms. The SMILES string of the molecule is COC(=O)n1cc(CCO)c(C(CCCc2ccccc2)NC(=O)C(C)(C)NC(=O)OC(C)(C)C)n1. The van der Waals surface area contributed by atoms with Crippen LogP contribution in [-0.4, -0.2) is 57.8 Å². The second-order valence-corrected chi connectivity index (χ2v) is 10.1. The molecular formula is C26H38N4O6. The van der Waals surface area contributed by atoms with Crippen LogP contribution in [0.4, 0.5) is 9.59 Å². The fourth-order valence-corrected chi connectivity index (χ4v) is 3.60. The Bertz CT molecular complexity index is 1030. The van der Waals surface area contributed by atoms with E-state index in [4.69, 9.17) is 9.47 Å². The molecule has 0 aliphatic carbocycles. The number of ether oxygens (including phenoxy) is 2. The summed E-state index contributed by atoms with van der Waals surface area (Å²) in [6, 6.07) is 9.38. The Balaban J connectivity index is 2.28. The zero-order valence-corrected chi connectivity index (χ0v) is 22.0. The van der Waals surface area contributed by atoms with Gasteiger partial charge in [0, 0.05) is 12.8 Å². The van der Waals surface area contributed by atoms with E-state index in [1.54, 1.807) is 34.6 Å². The molecule has 2 rings (SSSR count). The van der Waals surface area contributed by atoms with Gasteiger partial charge in [0.05, 0.1) is 18.8 Å². The minimum absolute atomic E-state index is 0.157. The van der Waals surface area contributed by atoms with Crippen molar-refractivity contribution in [2.45, 2.75) is 77.5 Å². The summed E-state index contributed by atoms with van der Waals surface area (Å²) in [5.74, 6) is -0.444. The molecule has 0 aliphatic heterocycles. The number of methoxy groups -OCH3 is 1. The normalized spacial score (nSPS) is 12.5. The second kappa shape index (κ2) is 12.5.